The fourth-order valence-electron chi connectivity index (χ4n) is 4.90. The van der Waals surface area contributed by atoms with Crippen molar-refractivity contribution >= 4 is 28.8 Å². The maximum absolute atomic E-state index is 12.8. The highest BCUT2D eigenvalue weighted by molar-refractivity contribution is 6.30. The van der Waals surface area contributed by atoms with Crippen molar-refractivity contribution in [3.05, 3.63) is 88.1 Å². The number of fused-ring (bicyclic) bond motifs is 1. The van der Waals surface area contributed by atoms with Gasteiger partial charge in [0.1, 0.15) is 0 Å². The van der Waals surface area contributed by atoms with Crippen LogP contribution in [0.1, 0.15) is 34.8 Å². The maximum atomic E-state index is 12.8. The van der Waals surface area contributed by atoms with Crippen LogP contribution in [-0.2, 0) is 6.42 Å². The highest BCUT2D eigenvalue weighted by Crippen LogP contribution is 2.33. The number of pyridine rings is 1. The first-order chi connectivity index (χ1) is 17.0. The van der Waals surface area contributed by atoms with Crippen molar-refractivity contribution < 1.29 is 4.79 Å². The molecule has 0 atom stereocenters. The van der Waals surface area contributed by atoms with Crippen LogP contribution in [0.3, 0.4) is 0 Å². The number of benzene rings is 2. The van der Waals surface area contributed by atoms with Gasteiger partial charge in [-0.2, -0.15) is 0 Å². The van der Waals surface area contributed by atoms with E-state index in [2.05, 4.69) is 46.2 Å². The van der Waals surface area contributed by atoms with Gasteiger partial charge in [0.25, 0.3) is 5.91 Å². The summed E-state index contributed by atoms with van der Waals surface area (Å²) in [6.07, 6.45) is 3.71. The number of anilines is 1. The molecule has 1 aliphatic carbocycles. The van der Waals surface area contributed by atoms with Crippen molar-refractivity contribution in [1.29, 1.82) is 0 Å². The van der Waals surface area contributed by atoms with Gasteiger partial charge in [0.2, 0.25) is 0 Å². The minimum atomic E-state index is -0.154. The number of amides is 1. The summed E-state index contributed by atoms with van der Waals surface area (Å²) in [7, 11) is 2.20. The molecule has 1 N–H and O–H groups in total. The summed E-state index contributed by atoms with van der Waals surface area (Å²) in [5.74, 6) is -0.154. The Balaban J connectivity index is 1.25. The summed E-state index contributed by atoms with van der Waals surface area (Å²) in [5.41, 5.74) is 8.69. The third-order valence-corrected chi connectivity index (χ3v) is 7.42. The lowest BCUT2D eigenvalue weighted by molar-refractivity contribution is 0.102. The number of piperazine rings is 1. The van der Waals surface area contributed by atoms with Gasteiger partial charge in [-0.05, 0) is 79.9 Å². The Morgan fingerprint density at radius 3 is 2.49 bits per heavy atom. The Hall–Kier alpha value is -2.99. The molecular weight excluding hydrogens is 456 g/mol. The zero-order valence-corrected chi connectivity index (χ0v) is 21.1. The van der Waals surface area contributed by atoms with Crippen molar-refractivity contribution in [1.82, 2.24) is 14.8 Å². The summed E-state index contributed by atoms with van der Waals surface area (Å²) >= 11 is 5.97. The molecule has 1 amide bonds. The number of carbonyl (C=O) groups excluding carboxylic acids is 1. The molecule has 0 unspecified atom stereocenters. The summed E-state index contributed by atoms with van der Waals surface area (Å²) in [6.45, 7) is 7.88. The Morgan fingerprint density at radius 2 is 1.77 bits per heavy atom. The largest absolute Gasteiger partial charge is 0.322 e. The Kier molecular flexibility index (Phi) is 7.00. The number of rotatable bonds is 5. The normalized spacial score (nSPS) is 16.8. The summed E-state index contributed by atoms with van der Waals surface area (Å²) < 4.78 is 0. The van der Waals surface area contributed by atoms with Crippen molar-refractivity contribution in [2.24, 2.45) is 0 Å². The van der Waals surface area contributed by atoms with Crippen molar-refractivity contribution in [2.75, 3.05) is 45.1 Å². The number of aryl methyl sites for hydroxylation is 1. The fraction of sp³-hybridized carbons (Fsp3) is 0.310. The SMILES string of the molecule is CC1=C(CN2CCN(C)CC2)CCc2cc(NC(=O)c3ccc(-c4ccc(Cl)cc4)nc3)ccc21. The minimum Gasteiger partial charge on any atom is -0.322 e. The maximum Gasteiger partial charge on any atom is 0.257 e. The zero-order valence-electron chi connectivity index (χ0n) is 20.4. The van der Waals surface area contributed by atoms with Gasteiger partial charge in [-0.25, -0.2) is 0 Å². The fourth-order valence-corrected chi connectivity index (χ4v) is 5.03. The van der Waals surface area contributed by atoms with Gasteiger partial charge in [0.15, 0.2) is 0 Å². The van der Waals surface area contributed by atoms with Gasteiger partial charge in [-0.1, -0.05) is 35.4 Å². The lowest BCUT2D eigenvalue weighted by Crippen LogP contribution is -2.45. The van der Waals surface area contributed by atoms with E-state index >= 15 is 0 Å². The molecule has 3 aromatic rings. The van der Waals surface area contributed by atoms with Gasteiger partial charge in [0.05, 0.1) is 11.3 Å². The third-order valence-electron chi connectivity index (χ3n) is 7.17. The Bertz CT molecular complexity index is 1240. The van der Waals surface area contributed by atoms with Gasteiger partial charge in [-0.15, -0.1) is 0 Å². The van der Waals surface area contributed by atoms with Crippen molar-refractivity contribution in [3.63, 3.8) is 0 Å². The van der Waals surface area contributed by atoms with E-state index in [4.69, 9.17) is 11.6 Å². The molecule has 5 nitrogen and oxygen atoms in total. The average Bonchev–Trinajstić information content (AvgIpc) is 2.87. The predicted octanol–water partition coefficient (Wildman–Crippen LogP) is 5.62. The molecule has 1 aliphatic heterocycles. The van der Waals surface area contributed by atoms with Crippen LogP contribution in [-0.4, -0.2) is 60.5 Å². The number of aromatic nitrogens is 1. The molecule has 0 bridgehead atoms. The highest BCUT2D eigenvalue weighted by atomic mass is 35.5. The predicted molar refractivity (Wildman–Crippen MR) is 144 cm³/mol. The molecular formula is C29H31ClN4O. The Labute approximate surface area is 212 Å². The molecule has 0 spiro atoms. The van der Waals surface area contributed by atoms with Crippen molar-refractivity contribution in [2.45, 2.75) is 19.8 Å². The molecule has 180 valence electrons. The molecule has 0 saturated carbocycles. The van der Waals surface area contributed by atoms with Gasteiger partial charge in [0, 0.05) is 55.2 Å². The van der Waals surface area contributed by atoms with Crippen LogP contribution in [0.2, 0.25) is 5.02 Å². The van der Waals surface area contributed by atoms with Gasteiger partial charge in [-0.3, -0.25) is 14.7 Å². The zero-order chi connectivity index (χ0) is 24.4. The number of halogens is 1. The van der Waals surface area contributed by atoms with E-state index in [0.29, 0.717) is 10.6 Å². The van der Waals surface area contributed by atoms with E-state index in [1.54, 1.807) is 11.8 Å². The second kappa shape index (κ2) is 10.3. The third kappa shape index (κ3) is 5.48. The molecule has 6 heteroatoms. The van der Waals surface area contributed by atoms with E-state index in [1.807, 2.05) is 42.5 Å². The number of nitrogens with zero attached hydrogens (tertiary/aromatic N) is 3. The quantitative estimate of drug-likeness (QED) is 0.508. The van der Waals surface area contributed by atoms with E-state index in [9.17, 15) is 4.79 Å². The molecule has 1 saturated heterocycles. The second-order valence-corrected chi connectivity index (χ2v) is 10.0. The topological polar surface area (TPSA) is 48.5 Å². The van der Waals surface area contributed by atoms with E-state index in [0.717, 1.165) is 62.5 Å². The first-order valence-electron chi connectivity index (χ1n) is 12.2. The smallest absolute Gasteiger partial charge is 0.257 e. The molecule has 2 heterocycles. The standard InChI is InChI=1S/C29H31ClN4O/c1-20-24(19-34-15-13-33(2)14-16-34)4-3-22-17-26(10-11-27(20)22)32-29(35)23-7-12-28(31-18-23)21-5-8-25(30)9-6-21/h5-12,17-18H,3-4,13-16,19H2,1-2H3,(H,32,35). The van der Waals surface area contributed by atoms with Crippen LogP contribution in [0.25, 0.3) is 16.8 Å². The summed E-state index contributed by atoms with van der Waals surface area (Å²) in [5, 5.41) is 3.73. The molecule has 2 aromatic carbocycles. The van der Waals surface area contributed by atoms with Gasteiger partial charge < -0.3 is 10.2 Å². The number of hydrogen-bond acceptors (Lipinski definition) is 4. The summed E-state index contributed by atoms with van der Waals surface area (Å²) in [4.78, 5) is 22.3. The number of allylic oxidation sites excluding steroid dienone is 1. The minimum absolute atomic E-state index is 0.154. The molecule has 2 aliphatic rings. The van der Waals surface area contributed by atoms with Gasteiger partial charge >= 0.3 is 0 Å². The van der Waals surface area contributed by atoms with Crippen LogP contribution >= 0.6 is 11.6 Å². The van der Waals surface area contributed by atoms with Crippen LogP contribution in [0.15, 0.2) is 66.4 Å². The summed E-state index contributed by atoms with van der Waals surface area (Å²) in [6, 6.07) is 17.5. The van der Waals surface area contributed by atoms with Crippen LogP contribution in [0.4, 0.5) is 5.69 Å². The Morgan fingerprint density at radius 1 is 1.00 bits per heavy atom. The lowest BCUT2D eigenvalue weighted by atomic mass is 9.85. The number of hydrogen-bond donors (Lipinski definition) is 1. The number of likely N-dealkylation sites (N-methyl/N-ethyl adjacent to an activating group) is 1. The van der Waals surface area contributed by atoms with Crippen LogP contribution in [0, 0.1) is 0 Å². The second-order valence-electron chi connectivity index (χ2n) is 9.57. The van der Waals surface area contributed by atoms with Crippen molar-refractivity contribution in [3.8, 4) is 11.3 Å². The average molecular weight is 487 g/mol. The number of carbonyl (C=O) groups is 1. The van der Waals surface area contributed by atoms with Crippen LogP contribution in [0.5, 0.6) is 0 Å². The lowest BCUT2D eigenvalue weighted by Gasteiger charge is -2.34. The molecule has 35 heavy (non-hydrogen) atoms. The monoisotopic (exact) mass is 486 g/mol. The first kappa shape index (κ1) is 23.7. The van der Waals surface area contributed by atoms with E-state index in [1.165, 1.54) is 16.7 Å². The first-order valence-corrected chi connectivity index (χ1v) is 12.6. The molecule has 1 aromatic heterocycles. The molecule has 5 rings (SSSR count). The van der Waals surface area contributed by atoms with E-state index < -0.39 is 0 Å². The molecule has 0 radical (unpaired) electrons. The highest BCUT2D eigenvalue weighted by Gasteiger charge is 2.21. The van der Waals surface area contributed by atoms with Crippen LogP contribution < -0.4 is 5.32 Å². The number of nitrogens with one attached hydrogen (secondary N) is 1. The molecule has 1 fully saturated rings. The van der Waals surface area contributed by atoms with E-state index in [-0.39, 0.29) is 5.91 Å².